The molecule has 4 aromatic rings. The number of aromatic amines is 1. The van der Waals surface area contributed by atoms with Gasteiger partial charge in [-0.15, -0.1) is 12.4 Å². The van der Waals surface area contributed by atoms with E-state index in [1.165, 1.54) is 5.56 Å². The molecule has 4 rings (SSSR count). The number of aromatic nitrogens is 5. The average Bonchev–Trinajstić information content (AvgIpc) is 3.23. The van der Waals surface area contributed by atoms with Crippen LogP contribution in [0.25, 0.3) is 27.9 Å². The first-order valence-corrected chi connectivity index (χ1v) is 7.39. The summed E-state index contributed by atoms with van der Waals surface area (Å²) in [5, 5.41) is 11.1. The van der Waals surface area contributed by atoms with E-state index in [4.69, 9.17) is 5.73 Å². The molecule has 24 heavy (non-hydrogen) atoms. The van der Waals surface area contributed by atoms with E-state index in [1.807, 2.05) is 16.9 Å². The largest absolute Gasteiger partial charge is 0.326 e. The molecule has 0 spiro atoms. The van der Waals surface area contributed by atoms with E-state index in [-0.39, 0.29) is 12.4 Å². The molecule has 0 bridgehead atoms. The summed E-state index contributed by atoms with van der Waals surface area (Å²) in [5.41, 5.74) is 13.1. The SMILES string of the molecule is Cc1cc(-c2ncnn3cc(-c4cn[nH]c4)cc23)ccc1CN.Cl. The molecule has 3 aromatic heterocycles. The van der Waals surface area contributed by atoms with Crippen molar-refractivity contribution in [1.29, 1.82) is 0 Å². The fourth-order valence-electron chi connectivity index (χ4n) is 2.79. The van der Waals surface area contributed by atoms with Gasteiger partial charge >= 0.3 is 0 Å². The fraction of sp³-hybridized carbons (Fsp3) is 0.118. The van der Waals surface area contributed by atoms with E-state index < -0.39 is 0 Å². The number of aryl methyl sites for hydroxylation is 1. The van der Waals surface area contributed by atoms with Crippen LogP contribution in [0.2, 0.25) is 0 Å². The second-order valence-electron chi connectivity index (χ2n) is 5.50. The Morgan fingerprint density at radius 2 is 2.04 bits per heavy atom. The molecule has 7 heteroatoms. The van der Waals surface area contributed by atoms with Crippen molar-refractivity contribution in [3.63, 3.8) is 0 Å². The van der Waals surface area contributed by atoms with Crippen LogP contribution in [0.3, 0.4) is 0 Å². The molecule has 0 atom stereocenters. The van der Waals surface area contributed by atoms with Crippen molar-refractivity contribution in [2.24, 2.45) is 5.73 Å². The minimum Gasteiger partial charge on any atom is -0.326 e. The van der Waals surface area contributed by atoms with Crippen molar-refractivity contribution in [3.05, 3.63) is 60.3 Å². The summed E-state index contributed by atoms with van der Waals surface area (Å²) in [4.78, 5) is 4.48. The zero-order valence-corrected chi connectivity index (χ0v) is 13.9. The van der Waals surface area contributed by atoms with Crippen molar-refractivity contribution in [3.8, 4) is 22.4 Å². The maximum absolute atomic E-state index is 5.75. The normalized spacial score (nSPS) is 10.8. The second kappa shape index (κ2) is 6.43. The van der Waals surface area contributed by atoms with Gasteiger partial charge in [0.05, 0.1) is 17.4 Å². The Kier molecular flexibility index (Phi) is 4.33. The van der Waals surface area contributed by atoms with Crippen molar-refractivity contribution >= 4 is 17.9 Å². The van der Waals surface area contributed by atoms with Gasteiger partial charge in [0.25, 0.3) is 0 Å². The van der Waals surface area contributed by atoms with Crippen LogP contribution in [-0.4, -0.2) is 24.8 Å². The second-order valence-corrected chi connectivity index (χ2v) is 5.50. The molecule has 0 saturated carbocycles. The van der Waals surface area contributed by atoms with E-state index in [1.54, 1.807) is 12.5 Å². The van der Waals surface area contributed by atoms with Crippen LogP contribution in [0.4, 0.5) is 0 Å². The summed E-state index contributed by atoms with van der Waals surface area (Å²) >= 11 is 0. The predicted octanol–water partition coefficient (Wildman–Crippen LogP) is 2.98. The van der Waals surface area contributed by atoms with Gasteiger partial charge in [-0.1, -0.05) is 12.1 Å². The summed E-state index contributed by atoms with van der Waals surface area (Å²) in [5.74, 6) is 0. The van der Waals surface area contributed by atoms with Crippen molar-refractivity contribution in [2.75, 3.05) is 0 Å². The number of hydrogen-bond acceptors (Lipinski definition) is 4. The molecule has 122 valence electrons. The summed E-state index contributed by atoms with van der Waals surface area (Å²) in [6.07, 6.45) is 7.21. The third-order valence-corrected chi connectivity index (χ3v) is 4.07. The molecule has 0 fully saturated rings. The molecule has 0 aliphatic rings. The highest BCUT2D eigenvalue weighted by atomic mass is 35.5. The van der Waals surface area contributed by atoms with Gasteiger partial charge in [-0.05, 0) is 30.2 Å². The third kappa shape index (κ3) is 2.66. The van der Waals surface area contributed by atoms with Crippen molar-refractivity contribution in [1.82, 2.24) is 24.8 Å². The van der Waals surface area contributed by atoms with Crippen LogP contribution in [0.5, 0.6) is 0 Å². The monoisotopic (exact) mass is 340 g/mol. The molecule has 0 saturated heterocycles. The van der Waals surface area contributed by atoms with E-state index in [9.17, 15) is 0 Å². The lowest BCUT2D eigenvalue weighted by Gasteiger charge is -2.07. The molecule has 3 N–H and O–H groups in total. The van der Waals surface area contributed by atoms with Gasteiger partial charge in [-0.25, -0.2) is 9.50 Å². The number of rotatable bonds is 3. The van der Waals surface area contributed by atoms with Crippen LogP contribution in [0, 0.1) is 6.92 Å². The third-order valence-electron chi connectivity index (χ3n) is 4.07. The number of H-pyrrole nitrogens is 1. The maximum Gasteiger partial charge on any atom is 0.137 e. The quantitative estimate of drug-likeness (QED) is 0.600. The lowest BCUT2D eigenvalue weighted by Crippen LogP contribution is -2.00. The Balaban J connectivity index is 0.00000169. The summed E-state index contributed by atoms with van der Waals surface area (Å²) in [6.45, 7) is 2.61. The van der Waals surface area contributed by atoms with Crippen molar-refractivity contribution in [2.45, 2.75) is 13.5 Å². The minimum atomic E-state index is 0. The molecular formula is C17H17ClN6. The van der Waals surface area contributed by atoms with E-state index in [0.29, 0.717) is 6.54 Å². The summed E-state index contributed by atoms with van der Waals surface area (Å²) < 4.78 is 1.84. The van der Waals surface area contributed by atoms with Crippen LogP contribution < -0.4 is 5.73 Å². The van der Waals surface area contributed by atoms with E-state index in [0.717, 1.165) is 33.5 Å². The van der Waals surface area contributed by atoms with Gasteiger partial charge in [0, 0.05) is 35.6 Å². The Morgan fingerprint density at radius 1 is 1.17 bits per heavy atom. The number of benzene rings is 1. The van der Waals surface area contributed by atoms with E-state index in [2.05, 4.69) is 51.5 Å². The first kappa shape index (κ1) is 16.2. The average molecular weight is 341 g/mol. The van der Waals surface area contributed by atoms with Gasteiger partial charge in [-0.2, -0.15) is 10.2 Å². The smallest absolute Gasteiger partial charge is 0.137 e. The molecule has 0 radical (unpaired) electrons. The first-order chi connectivity index (χ1) is 11.3. The number of nitrogens with zero attached hydrogens (tertiary/aromatic N) is 4. The molecule has 0 aliphatic heterocycles. The van der Waals surface area contributed by atoms with Gasteiger partial charge in [0.1, 0.15) is 6.33 Å². The Labute approximate surface area is 145 Å². The molecule has 0 amide bonds. The summed E-state index contributed by atoms with van der Waals surface area (Å²) in [6, 6.07) is 8.31. The lowest BCUT2D eigenvalue weighted by atomic mass is 10.0. The number of halogens is 1. The standard InChI is InChI=1S/C17H16N6.ClH/c1-11-4-12(2-3-13(11)6-18)17-16-5-14(15-7-20-21-8-15)9-23(16)22-10-19-17;/h2-5,7-10H,6,18H2,1H3,(H,20,21);1H. The van der Waals surface area contributed by atoms with Gasteiger partial charge < -0.3 is 5.73 Å². The van der Waals surface area contributed by atoms with Crippen LogP contribution in [0.1, 0.15) is 11.1 Å². The Hall–Kier alpha value is -2.70. The zero-order valence-electron chi connectivity index (χ0n) is 13.1. The maximum atomic E-state index is 5.75. The molecular weight excluding hydrogens is 324 g/mol. The Bertz CT molecular complexity index is 974. The number of nitrogens with one attached hydrogen (secondary N) is 1. The highest BCUT2D eigenvalue weighted by Gasteiger charge is 2.11. The number of nitrogens with two attached hydrogens (primary N) is 1. The molecule has 0 unspecified atom stereocenters. The lowest BCUT2D eigenvalue weighted by molar-refractivity contribution is 0.906. The number of hydrogen-bond donors (Lipinski definition) is 2. The zero-order chi connectivity index (χ0) is 15.8. The topological polar surface area (TPSA) is 84.9 Å². The predicted molar refractivity (Wildman–Crippen MR) is 95.9 cm³/mol. The highest BCUT2D eigenvalue weighted by molar-refractivity contribution is 5.85. The molecule has 3 heterocycles. The fourth-order valence-corrected chi connectivity index (χ4v) is 2.79. The van der Waals surface area contributed by atoms with Crippen molar-refractivity contribution < 1.29 is 0 Å². The highest BCUT2D eigenvalue weighted by Crippen LogP contribution is 2.28. The molecule has 6 nitrogen and oxygen atoms in total. The molecule has 1 aromatic carbocycles. The van der Waals surface area contributed by atoms with E-state index >= 15 is 0 Å². The van der Waals surface area contributed by atoms with Gasteiger partial charge in [-0.3, -0.25) is 5.10 Å². The number of fused-ring (bicyclic) bond motifs is 1. The van der Waals surface area contributed by atoms with Crippen LogP contribution in [-0.2, 0) is 6.54 Å². The minimum absolute atomic E-state index is 0. The van der Waals surface area contributed by atoms with Crippen LogP contribution >= 0.6 is 12.4 Å². The van der Waals surface area contributed by atoms with Gasteiger partial charge in [0.2, 0.25) is 0 Å². The summed E-state index contributed by atoms with van der Waals surface area (Å²) in [7, 11) is 0. The first-order valence-electron chi connectivity index (χ1n) is 7.39. The van der Waals surface area contributed by atoms with Gasteiger partial charge in [0.15, 0.2) is 0 Å². The molecule has 0 aliphatic carbocycles. The van der Waals surface area contributed by atoms with Crippen LogP contribution in [0.15, 0.2) is 49.2 Å². The Morgan fingerprint density at radius 3 is 2.75 bits per heavy atom.